The average molecular weight is 226 g/mol. The molecule has 0 saturated carbocycles. The van der Waals surface area contributed by atoms with Crippen LogP contribution >= 0.6 is 0 Å². The van der Waals surface area contributed by atoms with Gasteiger partial charge < -0.3 is 14.9 Å². The van der Waals surface area contributed by atoms with Gasteiger partial charge in [0.15, 0.2) is 0 Å². The van der Waals surface area contributed by atoms with E-state index < -0.39 is 0 Å². The number of rotatable bonds is 5. The Labute approximate surface area is 99.4 Å². The molecule has 3 nitrogen and oxygen atoms in total. The zero-order chi connectivity index (χ0) is 11.2. The van der Waals surface area contributed by atoms with Crippen LogP contribution in [-0.2, 0) is 0 Å². The van der Waals surface area contributed by atoms with Gasteiger partial charge in [-0.25, -0.2) is 0 Å². The molecule has 0 amide bonds. The van der Waals surface area contributed by atoms with Crippen LogP contribution in [0.15, 0.2) is 0 Å². The van der Waals surface area contributed by atoms with Crippen molar-refractivity contribution in [1.82, 2.24) is 9.80 Å². The highest BCUT2D eigenvalue weighted by atomic mass is 16.3. The summed E-state index contributed by atoms with van der Waals surface area (Å²) in [6, 6.07) is 0. The second-order valence-corrected chi connectivity index (χ2v) is 5.39. The van der Waals surface area contributed by atoms with E-state index in [-0.39, 0.29) is 0 Å². The van der Waals surface area contributed by atoms with E-state index in [1.807, 2.05) is 0 Å². The van der Waals surface area contributed by atoms with Gasteiger partial charge >= 0.3 is 0 Å². The van der Waals surface area contributed by atoms with Gasteiger partial charge in [0.25, 0.3) is 0 Å². The van der Waals surface area contributed by atoms with Crippen LogP contribution in [0.5, 0.6) is 0 Å². The highest BCUT2D eigenvalue weighted by molar-refractivity contribution is 4.73. The third-order valence-corrected chi connectivity index (χ3v) is 4.01. The van der Waals surface area contributed by atoms with Gasteiger partial charge in [0.2, 0.25) is 0 Å². The van der Waals surface area contributed by atoms with Crippen molar-refractivity contribution in [3.63, 3.8) is 0 Å². The maximum Gasteiger partial charge on any atom is 0.0471 e. The fourth-order valence-corrected chi connectivity index (χ4v) is 3.03. The summed E-state index contributed by atoms with van der Waals surface area (Å²) >= 11 is 0. The van der Waals surface area contributed by atoms with Gasteiger partial charge in [0.1, 0.15) is 0 Å². The highest BCUT2D eigenvalue weighted by Gasteiger charge is 2.19. The lowest BCUT2D eigenvalue weighted by molar-refractivity contribution is 0.117. The lowest BCUT2D eigenvalue weighted by Gasteiger charge is -2.32. The number of piperidine rings is 1. The van der Waals surface area contributed by atoms with Crippen molar-refractivity contribution < 1.29 is 5.11 Å². The minimum absolute atomic E-state index is 0.378. The predicted octanol–water partition coefficient (Wildman–Crippen LogP) is 1.18. The Balaban J connectivity index is 1.58. The molecule has 2 fully saturated rings. The first kappa shape index (κ1) is 12.3. The van der Waals surface area contributed by atoms with Crippen molar-refractivity contribution >= 4 is 0 Å². The summed E-state index contributed by atoms with van der Waals surface area (Å²) in [5.41, 5.74) is 0. The first-order valence-corrected chi connectivity index (χ1v) is 6.94. The van der Waals surface area contributed by atoms with Crippen LogP contribution in [0, 0.1) is 5.92 Å². The van der Waals surface area contributed by atoms with Crippen LogP contribution in [0.4, 0.5) is 0 Å². The second-order valence-electron chi connectivity index (χ2n) is 5.39. The third kappa shape index (κ3) is 3.72. The van der Waals surface area contributed by atoms with Gasteiger partial charge in [-0.05, 0) is 70.7 Å². The van der Waals surface area contributed by atoms with Gasteiger partial charge in [-0.2, -0.15) is 0 Å². The summed E-state index contributed by atoms with van der Waals surface area (Å²) in [5, 5.41) is 9.17. The summed E-state index contributed by atoms with van der Waals surface area (Å²) in [4.78, 5) is 5.13. The Bertz CT molecular complexity index is 192. The number of likely N-dealkylation sites (tertiary alicyclic amines) is 2. The first-order chi connectivity index (χ1) is 7.88. The Hall–Kier alpha value is -0.120. The van der Waals surface area contributed by atoms with Crippen LogP contribution < -0.4 is 0 Å². The largest absolute Gasteiger partial charge is 0.396 e. The summed E-state index contributed by atoms with van der Waals surface area (Å²) in [7, 11) is 0. The Kier molecular flexibility index (Phi) is 5.07. The summed E-state index contributed by atoms with van der Waals surface area (Å²) in [5.74, 6) is 0.542. The minimum Gasteiger partial charge on any atom is -0.396 e. The molecule has 3 heteroatoms. The van der Waals surface area contributed by atoms with Crippen molar-refractivity contribution in [1.29, 1.82) is 0 Å². The molecule has 94 valence electrons. The molecule has 0 aromatic carbocycles. The number of hydrogen-bond acceptors (Lipinski definition) is 3. The molecular formula is C13H26N2O. The number of nitrogens with zero attached hydrogens (tertiary/aromatic N) is 2. The van der Waals surface area contributed by atoms with Crippen molar-refractivity contribution in [2.45, 2.75) is 32.1 Å². The van der Waals surface area contributed by atoms with E-state index >= 15 is 0 Å². The van der Waals surface area contributed by atoms with E-state index in [4.69, 9.17) is 0 Å². The summed E-state index contributed by atoms with van der Waals surface area (Å²) < 4.78 is 0. The Morgan fingerprint density at radius 3 is 2.38 bits per heavy atom. The molecule has 0 aromatic heterocycles. The van der Waals surface area contributed by atoms with Crippen LogP contribution in [0.3, 0.4) is 0 Å². The minimum atomic E-state index is 0.378. The SMILES string of the molecule is OCC1CCCN(CCCN2CCCC2)C1. The molecule has 0 radical (unpaired) electrons. The Morgan fingerprint density at radius 1 is 0.938 bits per heavy atom. The average Bonchev–Trinajstić information content (AvgIpc) is 2.82. The van der Waals surface area contributed by atoms with E-state index in [0.29, 0.717) is 12.5 Å². The number of hydrogen-bond donors (Lipinski definition) is 1. The van der Waals surface area contributed by atoms with E-state index in [1.54, 1.807) is 0 Å². The molecule has 2 heterocycles. The molecule has 0 spiro atoms. The van der Waals surface area contributed by atoms with Crippen molar-refractivity contribution in [2.75, 3.05) is 45.9 Å². The fraction of sp³-hybridized carbons (Fsp3) is 1.00. The van der Waals surface area contributed by atoms with Crippen LogP contribution in [-0.4, -0.2) is 60.8 Å². The normalized spacial score (nSPS) is 28.7. The summed E-state index contributed by atoms with van der Waals surface area (Å²) in [6.45, 7) is 7.89. The second kappa shape index (κ2) is 6.58. The smallest absolute Gasteiger partial charge is 0.0471 e. The molecule has 2 aliphatic rings. The molecule has 0 bridgehead atoms. The summed E-state index contributed by atoms with van der Waals surface area (Å²) in [6.07, 6.45) is 6.60. The molecule has 1 unspecified atom stereocenters. The zero-order valence-electron chi connectivity index (χ0n) is 10.4. The number of aliphatic hydroxyl groups is 1. The van der Waals surface area contributed by atoms with Gasteiger partial charge in [-0.1, -0.05) is 0 Å². The topological polar surface area (TPSA) is 26.7 Å². The molecule has 1 N–H and O–H groups in total. The van der Waals surface area contributed by atoms with Crippen LogP contribution in [0.25, 0.3) is 0 Å². The van der Waals surface area contributed by atoms with Gasteiger partial charge in [0.05, 0.1) is 0 Å². The monoisotopic (exact) mass is 226 g/mol. The standard InChI is InChI=1S/C13H26N2O/c16-12-13-5-3-8-15(11-13)10-4-9-14-6-1-2-7-14/h13,16H,1-12H2. The zero-order valence-corrected chi connectivity index (χ0v) is 10.4. The quantitative estimate of drug-likeness (QED) is 0.762. The maximum absolute atomic E-state index is 9.17. The molecule has 1 atom stereocenters. The van der Waals surface area contributed by atoms with E-state index in [1.165, 1.54) is 64.8 Å². The van der Waals surface area contributed by atoms with Crippen molar-refractivity contribution in [3.05, 3.63) is 0 Å². The fourth-order valence-electron chi connectivity index (χ4n) is 3.03. The van der Waals surface area contributed by atoms with Crippen molar-refractivity contribution in [3.8, 4) is 0 Å². The molecule has 0 aliphatic carbocycles. The van der Waals surface area contributed by atoms with E-state index in [0.717, 1.165) is 6.54 Å². The molecule has 0 aromatic rings. The molecule has 16 heavy (non-hydrogen) atoms. The molecular weight excluding hydrogens is 200 g/mol. The van der Waals surface area contributed by atoms with Gasteiger partial charge in [-0.3, -0.25) is 0 Å². The van der Waals surface area contributed by atoms with E-state index in [9.17, 15) is 5.11 Å². The molecule has 2 saturated heterocycles. The van der Waals surface area contributed by atoms with Crippen molar-refractivity contribution in [2.24, 2.45) is 5.92 Å². The van der Waals surface area contributed by atoms with Gasteiger partial charge in [0, 0.05) is 13.2 Å². The van der Waals surface area contributed by atoms with E-state index in [2.05, 4.69) is 9.80 Å². The lowest BCUT2D eigenvalue weighted by atomic mass is 9.99. The van der Waals surface area contributed by atoms with Gasteiger partial charge in [-0.15, -0.1) is 0 Å². The number of aliphatic hydroxyl groups excluding tert-OH is 1. The third-order valence-electron chi connectivity index (χ3n) is 4.01. The molecule has 2 rings (SSSR count). The first-order valence-electron chi connectivity index (χ1n) is 6.94. The molecule has 2 aliphatic heterocycles. The Morgan fingerprint density at radius 2 is 1.62 bits per heavy atom. The highest BCUT2D eigenvalue weighted by Crippen LogP contribution is 2.16. The van der Waals surface area contributed by atoms with Crippen LogP contribution in [0.1, 0.15) is 32.1 Å². The lowest BCUT2D eigenvalue weighted by Crippen LogP contribution is -2.38. The van der Waals surface area contributed by atoms with Crippen LogP contribution in [0.2, 0.25) is 0 Å². The predicted molar refractivity (Wildman–Crippen MR) is 66.5 cm³/mol. The maximum atomic E-state index is 9.17.